The fourth-order valence-corrected chi connectivity index (χ4v) is 4.01. The summed E-state index contributed by atoms with van der Waals surface area (Å²) in [5.74, 6) is -1.69. The van der Waals surface area contributed by atoms with Crippen molar-refractivity contribution in [3.63, 3.8) is 0 Å². The molecule has 0 radical (unpaired) electrons. The van der Waals surface area contributed by atoms with Crippen molar-refractivity contribution in [3.8, 4) is 0 Å². The van der Waals surface area contributed by atoms with Crippen LogP contribution in [0.4, 0.5) is 8.78 Å². The predicted octanol–water partition coefficient (Wildman–Crippen LogP) is 2.45. The number of aryl methyl sites for hydroxylation is 2. The predicted molar refractivity (Wildman–Crippen MR) is 89.4 cm³/mol. The van der Waals surface area contributed by atoms with E-state index in [1.807, 2.05) is 6.20 Å². The van der Waals surface area contributed by atoms with Gasteiger partial charge in [0.25, 0.3) is 0 Å². The number of amides is 1. The van der Waals surface area contributed by atoms with Gasteiger partial charge in [-0.3, -0.25) is 4.79 Å². The zero-order chi connectivity index (χ0) is 17.9. The molecule has 1 amide bonds. The number of aromatic nitrogens is 2. The molecule has 1 aliphatic heterocycles. The Morgan fingerprint density at radius 1 is 1.40 bits per heavy atom. The molecule has 7 heteroatoms. The quantitative estimate of drug-likeness (QED) is 0.824. The van der Waals surface area contributed by atoms with Crippen molar-refractivity contribution >= 4 is 5.91 Å². The Labute approximate surface area is 146 Å². The lowest BCUT2D eigenvalue weighted by Crippen LogP contribution is -2.44. The maximum Gasteiger partial charge on any atom is 0.248 e. The Hall–Kier alpha value is -1.50. The highest BCUT2D eigenvalue weighted by molar-refractivity contribution is 5.78. The van der Waals surface area contributed by atoms with Gasteiger partial charge in [-0.2, -0.15) is 0 Å². The number of rotatable bonds is 6. The molecule has 140 valence electrons. The van der Waals surface area contributed by atoms with Crippen LogP contribution < -0.4 is 5.32 Å². The van der Waals surface area contributed by atoms with Gasteiger partial charge in [-0.25, -0.2) is 13.8 Å². The highest BCUT2D eigenvalue weighted by Gasteiger charge is 2.37. The summed E-state index contributed by atoms with van der Waals surface area (Å²) >= 11 is 0. The van der Waals surface area contributed by atoms with Crippen LogP contribution in [-0.4, -0.2) is 39.1 Å². The molecule has 0 spiro atoms. The number of imidazole rings is 1. The molecule has 2 heterocycles. The number of carbonyl (C=O) groups is 1. The zero-order valence-corrected chi connectivity index (χ0v) is 14.5. The maximum absolute atomic E-state index is 13.3. The van der Waals surface area contributed by atoms with Crippen LogP contribution in [0.25, 0.3) is 0 Å². The second-order valence-electron chi connectivity index (χ2n) is 7.36. The summed E-state index contributed by atoms with van der Waals surface area (Å²) in [6.45, 7) is 0.893. The summed E-state index contributed by atoms with van der Waals surface area (Å²) in [6, 6.07) is -0.245. The molecule has 1 saturated carbocycles. The van der Waals surface area contributed by atoms with E-state index in [2.05, 4.69) is 14.9 Å². The van der Waals surface area contributed by atoms with E-state index in [4.69, 9.17) is 0 Å². The number of carbonyl (C=O) groups excluding carboxylic acids is 1. The normalized spacial score (nSPS) is 21.6. The van der Waals surface area contributed by atoms with E-state index in [0.29, 0.717) is 19.3 Å². The third-order valence-electron chi connectivity index (χ3n) is 5.42. The van der Waals surface area contributed by atoms with Gasteiger partial charge >= 0.3 is 0 Å². The molecule has 3 rings (SSSR count). The summed E-state index contributed by atoms with van der Waals surface area (Å²) in [4.78, 5) is 16.9. The third kappa shape index (κ3) is 4.77. The van der Waals surface area contributed by atoms with Crippen molar-refractivity contribution in [3.05, 3.63) is 17.7 Å². The lowest BCUT2D eigenvalue weighted by molar-refractivity contribution is -0.122. The van der Waals surface area contributed by atoms with E-state index < -0.39 is 5.92 Å². The molecule has 1 aliphatic carbocycles. The average molecular weight is 355 g/mol. The van der Waals surface area contributed by atoms with Crippen LogP contribution in [0.15, 0.2) is 6.20 Å². The van der Waals surface area contributed by atoms with Crippen molar-refractivity contribution < 1.29 is 18.7 Å². The van der Waals surface area contributed by atoms with E-state index in [1.54, 1.807) is 0 Å². The molecule has 0 bridgehead atoms. The Balaban J connectivity index is 1.56. The number of alkyl halides is 2. The highest BCUT2D eigenvalue weighted by atomic mass is 19.3. The standard InChI is InChI=1S/C18H27F2N3O2/c19-18(20)7-4-13(5-8-18)15(6-10-24)22-17(25)11-14-12-23-9-2-1-3-16(23)21-14/h12-13,15,24H,1-11H2,(H,22,25). The van der Waals surface area contributed by atoms with Gasteiger partial charge in [0.05, 0.1) is 12.1 Å². The molecule has 2 N–H and O–H groups in total. The van der Waals surface area contributed by atoms with Gasteiger partial charge in [0.1, 0.15) is 5.82 Å². The van der Waals surface area contributed by atoms with Gasteiger partial charge in [0, 0.05) is 44.7 Å². The smallest absolute Gasteiger partial charge is 0.248 e. The first-order valence-corrected chi connectivity index (χ1v) is 9.30. The van der Waals surface area contributed by atoms with Crippen LogP contribution in [-0.2, 0) is 24.2 Å². The lowest BCUT2D eigenvalue weighted by Gasteiger charge is -2.34. The van der Waals surface area contributed by atoms with E-state index in [0.717, 1.165) is 37.3 Å². The highest BCUT2D eigenvalue weighted by Crippen LogP contribution is 2.38. The van der Waals surface area contributed by atoms with Crippen molar-refractivity contribution in [1.29, 1.82) is 0 Å². The Morgan fingerprint density at radius 2 is 2.16 bits per heavy atom. The maximum atomic E-state index is 13.3. The first-order chi connectivity index (χ1) is 12.0. The van der Waals surface area contributed by atoms with Gasteiger partial charge in [-0.15, -0.1) is 0 Å². The topological polar surface area (TPSA) is 67.2 Å². The molecule has 5 nitrogen and oxygen atoms in total. The average Bonchev–Trinajstić information content (AvgIpc) is 2.96. The van der Waals surface area contributed by atoms with Crippen LogP contribution in [0.2, 0.25) is 0 Å². The van der Waals surface area contributed by atoms with Crippen molar-refractivity contribution in [2.75, 3.05) is 6.61 Å². The fraction of sp³-hybridized carbons (Fsp3) is 0.778. The number of aliphatic hydroxyl groups excluding tert-OH is 1. The van der Waals surface area contributed by atoms with Crippen LogP contribution in [0, 0.1) is 5.92 Å². The SMILES string of the molecule is O=C(Cc1cn2c(n1)CCCC2)NC(CCO)C1CCC(F)(F)CC1. The lowest BCUT2D eigenvalue weighted by atomic mass is 9.81. The van der Waals surface area contributed by atoms with Crippen molar-refractivity contribution in [2.45, 2.75) is 76.3 Å². The van der Waals surface area contributed by atoms with Crippen molar-refractivity contribution in [2.24, 2.45) is 5.92 Å². The molecule has 1 aromatic rings. The zero-order valence-electron chi connectivity index (χ0n) is 14.5. The second-order valence-corrected chi connectivity index (χ2v) is 7.36. The first-order valence-electron chi connectivity index (χ1n) is 9.30. The second kappa shape index (κ2) is 7.81. The van der Waals surface area contributed by atoms with Gasteiger partial charge in [0.2, 0.25) is 11.8 Å². The monoisotopic (exact) mass is 355 g/mol. The summed E-state index contributed by atoms with van der Waals surface area (Å²) in [5, 5.41) is 12.2. The molecule has 1 atom stereocenters. The third-order valence-corrected chi connectivity index (χ3v) is 5.42. The van der Waals surface area contributed by atoms with Crippen LogP contribution in [0.5, 0.6) is 0 Å². The number of hydrogen-bond donors (Lipinski definition) is 2. The number of hydrogen-bond acceptors (Lipinski definition) is 3. The molecular weight excluding hydrogens is 328 g/mol. The summed E-state index contributed by atoms with van der Waals surface area (Å²) < 4.78 is 28.8. The number of nitrogens with one attached hydrogen (secondary N) is 1. The van der Waals surface area contributed by atoms with Crippen LogP contribution >= 0.6 is 0 Å². The minimum atomic E-state index is -2.58. The molecule has 0 aromatic carbocycles. The molecule has 1 unspecified atom stereocenters. The van der Waals surface area contributed by atoms with E-state index >= 15 is 0 Å². The molecule has 1 aromatic heterocycles. The summed E-state index contributed by atoms with van der Waals surface area (Å²) in [7, 11) is 0. The van der Waals surface area contributed by atoms with Crippen LogP contribution in [0.3, 0.4) is 0 Å². The molecule has 0 saturated heterocycles. The number of nitrogens with zero attached hydrogens (tertiary/aromatic N) is 2. The summed E-state index contributed by atoms with van der Waals surface area (Å²) in [5.41, 5.74) is 0.757. The van der Waals surface area contributed by atoms with E-state index in [1.165, 1.54) is 0 Å². The van der Waals surface area contributed by atoms with Gasteiger partial charge in [-0.1, -0.05) is 0 Å². The van der Waals surface area contributed by atoms with Gasteiger partial charge in [0.15, 0.2) is 0 Å². The van der Waals surface area contributed by atoms with Gasteiger partial charge in [-0.05, 0) is 38.0 Å². The Bertz CT molecular complexity index is 570. The van der Waals surface area contributed by atoms with Crippen molar-refractivity contribution in [1.82, 2.24) is 14.9 Å². The van der Waals surface area contributed by atoms with E-state index in [9.17, 15) is 18.7 Å². The molecule has 1 fully saturated rings. The molecule has 2 aliphatic rings. The minimum Gasteiger partial charge on any atom is -0.396 e. The Morgan fingerprint density at radius 3 is 2.84 bits per heavy atom. The Kier molecular flexibility index (Phi) is 5.71. The summed E-state index contributed by atoms with van der Waals surface area (Å²) in [6.07, 6.45) is 6.27. The first kappa shape index (κ1) is 18.3. The number of aliphatic hydroxyl groups is 1. The molecule has 25 heavy (non-hydrogen) atoms. The van der Waals surface area contributed by atoms with E-state index in [-0.39, 0.29) is 43.7 Å². The number of halogens is 2. The number of fused-ring (bicyclic) bond motifs is 1. The fourth-order valence-electron chi connectivity index (χ4n) is 4.01. The van der Waals surface area contributed by atoms with Crippen LogP contribution in [0.1, 0.15) is 56.5 Å². The minimum absolute atomic E-state index is 0.00549. The molecular formula is C18H27F2N3O2. The van der Waals surface area contributed by atoms with Gasteiger partial charge < -0.3 is 15.0 Å². The largest absolute Gasteiger partial charge is 0.396 e.